The highest BCUT2D eigenvalue weighted by atomic mass is 35.5. The molecule has 2 rings (SSSR count). The molecule has 0 saturated heterocycles. The van der Waals surface area contributed by atoms with E-state index in [0.29, 0.717) is 15.6 Å². The number of hydrogen-bond donors (Lipinski definition) is 1. The van der Waals surface area contributed by atoms with Crippen LogP contribution in [0.25, 0.3) is 0 Å². The van der Waals surface area contributed by atoms with Gasteiger partial charge in [-0.05, 0) is 30.3 Å². The zero-order chi connectivity index (χ0) is 13.1. The molecule has 2 aromatic carbocycles. The second kappa shape index (κ2) is 5.93. The molecule has 1 nitrogen and oxygen atoms in total. The number of rotatable bonds is 3. The maximum absolute atomic E-state index is 13.6. The van der Waals surface area contributed by atoms with Gasteiger partial charge in [-0.3, -0.25) is 0 Å². The van der Waals surface area contributed by atoms with Crippen molar-refractivity contribution < 1.29 is 4.39 Å². The maximum atomic E-state index is 13.6. The van der Waals surface area contributed by atoms with Crippen LogP contribution in [0.1, 0.15) is 5.56 Å². The van der Waals surface area contributed by atoms with Crippen LogP contribution >= 0.6 is 35.0 Å². The molecule has 0 aromatic heterocycles. The molecule has 0 heterocycles. The smallest absolute Gasteiger partial charge is 0.128 e. The topological polar surface area (TPSA) is 26.0 Å². The van der Waals surface area contributed by atoms with Crippen LogP contribution in [-0.2, 0) is 6.54 Å². The van der Waals surface area contributed by atoms with Crippen molar-refractivity contribution in [1.29, 1.82) is 0 Å². The molecule has 2 aromatic rings. The quantitative estimate of drug-likeness (QED) is 0.886. The number of nitrogens with two attached hydrogens (primary N) is 1. The lowest BCUT2D eigenvalue weighted by atomic mass is 10.2. The first-order valence-corrected chi connectivity index (χ1v) is 6.79. The van der Waals surface area contributed by atoms with E-state index in [0.717, 1.165) is 9.79 Å². The highest BCUT2D eigenvalue weighted by Crippen LogP contribution is 2.37. The zero-order valence-corrected chi connectivity index (χ0v) is 11.6. The molecule has 0 aliphatic rings. The van der Waals surface area contributed by atoms with Gasteiger partial charge in [0.2, 0.25) is 0 Å². The average Bonchev–Trinajstić information content (AvgIpc) is 2.34. The normalized spacial score (nSPS) is 10.7. The van der Waals surface area contributed by atoms with Crippen molar-refractivity contribution >= 4 is 35.0 Å². The largest absolute Gasteiger partial charge is 0.326 e. The van der Waals surface area contributed by atoms with E-state index in [1.807, 2.05) is 6.07 Å². The second-order valence-corrected chi connectivity index (χ2v) is 5.52. The predicted octanol–water partition coefficient (Wildman–Crippen LogP) is 4.74. The molecule has 0 unspecified atom stereocenters. The van der Waals surface area contributed by atoms with Crippen molar-refractivity contribution in [3.8, 4) is 0 Å². The molecular formula is C13H10Cl2FNS. The summed E-state index contributed by atoms with van der Waals surface area (Å²) in [6.07, 6.45) is 0. The first-order valence-electron chi connectivity index (χ1n) is 5.22. The zero-order valence-electron chi connectivity index (χ0n) is 9.29. The van der Waals surface area contributed by atoms with E-state index in [1.54, 1.807) is 24.3 Å². The molecule has 2 N–H and O–H groups in total. The van der Waals surface area contributed by atoms with Gasteiger partial charge in [0.1, 0.15) is 5.82 Å². The summed E-state index contributed by atoms with van der Waals surface area (Å²) in [5, 5.41) is 1.17. The first-order chi connectivity index (χ1) is 8.61. The monoisotopic (exact) mass is 301 g/mol. The minimum Gasteiger partial charge on any atom is -0.326 e. The molecule has 0 fully saturated rings. The fourth-order valence-corrected chi connectivity index (χ4v) is 3.02. The van der Waals surface area contributed by atoms with Gasteiger partial charge in [-0.15, -0.1) is 0 Å². The fourth-order valence-electron chi connectivity index (χ4n) is 1.51. The summed E-state index contributed by atoms with van der Waals surface area (Å²) in [4.78, 5) is 1.53. The highest BCUT2D eigenvalue weighted by Gasteiger charge is 2.10. The molecule has 0 aliphatic carbocycles. The molecule has 0 atom stereocenters. The molecular weight excluding hydrogens is 292 g/mol. The van der Waals surface area contributed by atoms with Crippen molar-refractivity contribution in [2.24, 2.45) is 5.73 Å². The Morgan fingerprint density at radius 1 is 1.11 bits per heavy atom. The Morgan fingerprint density at radius 3 is 2.61 bits per heavy atom. The Bertz CT molecular complexity index is 575. The van der Waals surface area contributed by atoms with E-state index in [-0.39, 0.29) is 12.4 Å². The summed E-state index contributed by atoms with van der Waals surface area (Å²) in [6, 6.07) is 10.0. The van der Waals surface area contributed by atoms with E-state index < -0.39 is 0 Å². The number of halogens is 3. The first kappa shape index (κ1) is 13.7. The second-order valence-electron chi connectivity index (χ2n) is 3.60. The fraction of sp³-hybridized carbons (Fsp3) is 0.0769. The molecule has 0 amide bonds. The van der Waals surface area contributed by atoms with E-state index in [4.69, 9.17) is 28.9 Å². The van der Waals surface area contributed by atoms with Gasteiger partial charge in [0, 0.05) is 26.9 Å². The molecule has 0 spiro atoms. The SMILES string of the molecule is NCc1c(F)cccc1Sc1cc(Cl)ccc1Cl. The third kappa shape index (κ3) is 2.98. The minimum absolute atomic E-state index is 0.146. The lowest BCUT2D eigenvalue weighted by molar-refractivity contribution is 0.604. The van der Waals surface area contributed by atoms with Crippen LogP contribution in [0.5, 0.6) is 0 Å². The molecule has 0 bridgehead atoms. The van der Waals surface area contributed by atoms with Gasteiger partial charge in [0.15, 0.2) is 0 Å². The van der Waals surface area contributed by atoms with E-state index in [1.165, 1.54) is 17.8 Å². The molecule has 18 heavy (non-hydrogen) atoms. The van der Waals surface area contributed by atoms with Gasteiger partial charge in [-0.2, -0.15) is 0 Å². The maximum Gasteiger partial charge on any atom is 0.128 e. The third-order valence-electron chi connectivity index (χ3n) is 2.39. The summed E-state index contributed by atoms with van der Waals surface area (Å²) in [5.74, 6) is -0.305. The lowest BCUT2D eigenvalue weighted by Gasteiger charge is -2.09. The Hall–Kier alpha value is -0.740. The summed E-state index contributed by atoms with van der Waals surface area (Å²) >= 11 is 13.4. The Morgan fingerprint density at radius 2 is 1.89 bits per heavy atom. The van der Waals surface area contributed by atoms with Gasteiger partial charge in [-0.1, -0.05) is 41.0 Å². The summed E-state index contributed by atoms with van der Waals surface area (Å²) < 4.78 is 13.6. The molecule has 0 radical (unpaired) electrons. The Balaban J connectivity index is 2.40. The van der Waals surface area contributed by atoms with Crippen molar-refractivity contribution in [3.05, 3.63) is 57.8 Å². The lowest BCUT2D eigenvalue weighted by Crippen LogP contribution is -2.01. The number of hydrogen-bond acceptors (Lipinski definition) is 2. The standard InChI is InChI=1S/C13H10Cl2FNS/c14-8-4-5-10(15)13(6-8)18-12-3-1-2-11(16)9(12)7-17/h1-6H,7,17H2. The minimum atomic E-state index is -0.305. The van der Waals surface area contributed by atoms with Crippen LogP contribution in [0.2, 0.25) is 10.0 Å². The van der Waals surface area contributed by atoms with Crippen molar-refractivity contribution in [3.63, 3.8) is 0 Å². The Kier molecular flexibility index (Phi) is 4.51. The van der Waals surface area contributed by atoms with Gasteiger partial charge in [-0.25, -0.2) is 4.39 Å². The van der Waals surface area contributed by atoms with Crippen molar-refractivity contribution in [2.45, 2.75) is 16.3 Å². The van der Waals surface area contributed by atoms with Crippen LogP contribution < -0.4 is 5.73 Å². The molecule has 5 heteroatoms. The summed E-state index contributed by atoms with van der Waals surface area (Å²) in [6.45, 7) is 0.146. The van der Waals surface area contributed by atoms with Crippen LogP contribution in [-0.4, -0.2) is 0 Å². The number of benzene rings is 2. The van der Waals surface area contributed by atoms with Gasteiger partial charge in [0.05, 0.1) is 5.02 Å². The van der Waals surface area contributed by atoms with Gasteiger partial charge in [0.25, 0.3) is 0 Å². The van der Waals surface area contributed by atoms with Crippen molar-refractivity contribution in [2.75, 3.05) is 0 Å². The van der Waals surface area contributed by atoms with E-state index in [9.17, 15) is 4.39 Å². The van der Waals surface area contributed by atoms with E-state index >= 15 is 0 Å². The predicted molar refractivity (Wildman–Crippen MR) is 74.9 cm³/mol. The molecule has 0 saturated carbocycles. The molecule has 94 valence electrons. The summed E-state index contributed by atoms with van der Waals surface area (Å²) in [5.41, 5.74) is 6.05. The summed E-state index contributed by atoms with van der Waals surface area (Å²) in [7, 11) is 0. The van der Waals surface area contributed by atoms with Crippen molar-refractivity contribution in [1.82, 2.24) is 0 Å². The Labute approximate surface area is 119 Å². The van der Waals surface area contributed by atoms with Crippen LogP contribution in [0.15, 0.2) is 46.2 Å². The van der Waals surface area contributed by atoms with E-state index in [2.05, 4.69) is 0 Å². The third-order valence-corrected chi connectivity index (χ3v) is 4.23. The van der Waals surface area contributed by atoms with Crippen LogP contribution in [0.3, 0.4) is 0 Å². The van der Waals surface area contributed by atoms with Gasteiger partial charge < -0.3 is 5.73 Å². The van der Waals surface area contributed by atoms with Gasteiger partial charge >= 0.3 is 0 Å². The highest BCUT2D eigenvalue weighted by molar-refractivity contribution is 7.99. The average molecular weight is 302 g/mol. The van der Waals surface area contributed by atoms with Crippen LogP contribution in [0.4, 0.5) is 4.39 Å². The molecule has 0 aliphatic heterocycles. The van der Waals surface area contributed by atoms with Crippen LogP contribution in [0, 0.1) is 5.82 Å².